The molecule has 3 heterocycles. The Hall–Kier alpha value is -7.05. The highest BCUT2D eigenvalue weighted by Crippen LogP contribution is 2.30. The number of hydrogen-bond acceptors (Lipinski definition) is 3. The molecule has 0 radical (unpaired) electrons. The van der Waals surface area contributed by atoms with E-state index >= 15 is 0 Å². The van der Waals surface area contributed by atoms with Gasteiger partial charge in [-0.05, 0) is 154 Å². The minimum atomic E-state index is 0.971. The van der Waals surface area contributed by atoms with Crippen LogP contribution in [0.1, 0.15) is 66.8 Å². The predicted molar refractivity (Wildman–Crippen MR) is 259 cm³/mol. The molecule has 0 N–H and O–H groups in total. The first-order valence-corrected chi connectivity index (χ1v) is 22.3. The maximum Gasteiger partial charge on any atom is 0.144 e. The lowest BCUT2D eigenvalue weighted by atomic mass is 9.94. The molecular weight excluding hydrogens is 769 g/mol. The van der Waals surface area contributed by atoms with Crippen LogP contribution < -0.4 is 0 Å². The third kappa shape index (κ3) is 9.27. The first-order valence-electron chi connectivity index (χ1n) is 22.3. The van der Waals surface area contributed by atoms with Crippen molar-refractivity contribution in [1.82, 2.24) is 28.9 Å². The fraction of sp³-hybridized carbons (Fsp3) is 0.211. The second-order valence-corrected chi connectivity index (χ2v) is 17.4. The Bertz CT molecular complexity index is 2770. The lowest BCUT2D eigenvalue weighted by Gasteiger charge is -2.15. The van der Waals surface area contributed by atoms with E-state index in [-0.39, 0.29) is 0 Å². The van der Waals surface area contributed by atoms with Crippen LogP contribution in [0.3, 0.4) is 0 Å². The summed E-state index contributed by atoms with van der Waals surface area (Å²) in [5, 5.41) is 4.39. The van der Waals surface area contributed by atoms with Crippen molar-refractivity contribution in [2.45, 2.75) is 80.1 Å². The van der Waals surface area contributed by atoms with Crippen LogP contribution in [0.25, 0.3) is 39.8 Å². The van der Waals surface area contributed by atoms with Crippen molar-refractivity contribution in [3.8, 4) is 39.8 Å². The van der Waals surface area contributed by atoms with Gasteiger partial charge in [-0.1, -0.05) is 114 Å². The van der Waals surface area contributed by atoms with Gasteiger partial charge in [0.1, 0.15) is 11.6 Å². The number of imidazole rings is 2. The minimum Gasteiger partial charge on any atom is -0.299 e. The third-order valence-corrected chi connectivity index (χ3v) is 12.4. The Morgan fingerprint density at radius 1 is 0.381 bits per heavy atom. The summed E-state index contributed by atoms with van der Waals surface area (Å²) < 4.78 is 6.37. The highest BCUT2D eigenvalue weighted by molar-refractivity contribution is 5.63. The highest BCUT2D eigenvalue weighted by Gasteiger charge is 2.15. The van der Waals surface area contributed by atoms with Crippen molar-refractivity contribution in [1.29, 1.82) is 0 Å². The molecule has 9 rings (SSSR count). The highest BCUT2D eigenvalue weighted by atomic mass is 15.3. The van der Waals surface area contributed by atoms with Gasteiger partial charge in [0.2, 0.25) is 0 Å². The zero-order chi connectivity index (χ0) is 43.5. The van der Waals surface area contributed by atoms with Gasteiger partial charge in [0.25, 0.3) is 0 Å². The van der Waals surface area contributed by atoms with Crippen LogP contribution in [-0.2, 0) is 38.5 Å². The number of hydrogen-bond donors (Lipinski definition) is 0. The monoisotopic (exact) mass is 824 g/mol. The van der Waals surface area contributed by atoms with E-state index in [1.54, 1.807) is 0 Å². The molecule has 6 aromatic carbocycles. The second kappa shape index (κ2) is 18.1. The summed E-state index contributed by atoms with van der Waals surface area (Å²) >= 11 is 0. The first kappa shape index (κ1) is 41.3. The Morgan fingerprint density at radius 3 is 1.11 bits per heavy atom. The van der Waals surface area contributed by atoms with Crippen LogP contribution in [-0.4, -0.2) is 28.9 Å². The molecule has 0 unspecified atom stereocenters. The van der Waals surface area contributed by atoms with Crippen molar-refractivity contribution >= 4 is 0 Å². The first-order chi connectivity index (χ1) is 30.6. The molecule has 0 saturated carbocycles. The van der Waals surface area contributed by atoms with Crippen molar-refractivity contribution in [3.63, 3.8) is 0 Å². The number of benzene rings is 6. The number of aromatic nitrogens is 6. The van der Waals surface area contributed by atoms with Gasteiger partial charge in [0.05, 0.1) is 17.1 Å². The van der Waals surface area contributed by atoms with Crippen LogP contribution in [0.5, 0.6) is 0 Å². The van der Waals surface area contributed by atoms with Gasteiger partial charge in [-0.25, -0.2) is 14.6 Å². The molecule has 0 saturated heterocycles. The molecule has 314 valence electrons. The average molecular weight is 825 g/mol. The van der Waals surface area contributed by atoms with Gasteiger partial charge >= 0.3 is 0 Å². The summed E-state index contributed by atoms with van der Waals surface area (Å²) in [6.45, 7) is 13.1. The molecule has 0 aliphatic rings. The van der Waals surface area contributed by atoms with Crippen molar-refractivity contribution in [2.75, 3.05) is 0 Å². The molecule has 9 aromatic rings. The summed E-state index contributed by atoms with van der Waals surface area (Å²) in [7, 11) is 0. The molecule has 0 atom stereocenters. The van der Waals surface area contributed by atoms with Crippen LogP contribution >= 0.6 is 0 Å². The summed E-state index contributed by atoms with van der Waals surface area (Å²) in [5.74, 6) is 1.94. The number of nitrogens with zero attached hydrogens (tertiary/aromatic N) is 6. The summed E-state index contributed by atoms with van der Waals surface area (Å²) in [6.07, 6.45) is 17.7. The van der Waals surface area contributed by atoms with Gasteiger partial charge in [0, 0.05) is 48.3 Å². The van der Waals surface area contributed by atoms with E-state index in [9.17, 15) is 0 Å². The van der Waals surface area contributed by atoms with E-state index < -0.39 is 0 Å². The normalized spacial score (nSPS) is 11.4. The predicted octanol–water partition coefficient (Wildman–Crippen LogP) is 12.8. The SMILES string of the molecule is Cc1cc(C)c(-n2ccnc2-c2ccc(CCc3cc(CCc4ccc(-c5nccn5-c5c(C)cc(C)cc5C)cc4)cc(CCc4ccc(-n5cccn5)cc4)c3)cc2)c(C)c1. The maximum absolute atomic E-state index is 4.80. The molecule has 0 fully saturated rings. The van der Waals surface area contributed by atoms with Crippen LogP contribution in [0.15, 0.2) is 159 Å². The Morgan fingerprint density at radius 2 is 0.746 bits per heavy atom. The van der Waals surface area contributed by atoms with E-state index in [0.717, 1.165) is 67.0 Å². The Kier molecular flexibility index (Phi) is 11.9. The van der Waals surface area contributed by atoms with E-state index in [1.165, 1.54) is 78.1 Å². The molecule has 0 amide bonds. The zero-order valence-electron chi connectivity index (χ0n) is 37.4. The second-order valence-electron chi connectivity index (χ2n) is 17.4. The molecule has 0 spiro atoms. The average Bonchev–Trinajstić information content (AvgIpc) is 4.09. The topological polar surface area (TPSA) is 53.5 Å². The Labute approximate surface area is 372 Å². The van der Waals surface area contributed by atoms with E-state index in [2.05, 4.69) is 183 Å². The quantitative estimate of drug-likeness (QED) is 0.110. The van der Waals surface area contributed by atoms with Gasteiger partial charge in [-0.15, -0.1) is 0 Å². The molecule has 6 nitrogen and oxygen atoms in total. The van der Waals surface area contributed by atoms with Gasteiger partial charge < -0.3 is 0 Å². The summed E-state index contributed by atoms with van der Waals surface area (Å²) in [5.41, 5.74) is 21.5. The molecular formula is C57H56N6. The van der Waals surface area contributed by atoms with Crippen molar-refractivity contribution in [2.24, 2.45) is 0 Å². The largest absolute Gasteiger partial charge is 0.299 e. The molecule has 3 aromatic heterocycles. The third-order valence-electron chi connectivity index (χ3n) is 12.4. The summed E-state index contributed by atoms with van der Waals surface area (Å²) in [4.78, 5) is 9.60. The fourth-order valence-corrected chi connectivity index (χ4v) is 9.52. The number of rotatable bonds is 14. The minimum absolute atomic E-state index is 0.971. The van der Waals surface area contributed by atoms with E-state index in [1.807, 2.05) is 35.5 Å². The van der Waals surface area contributed by atoms with Crippen LogP contribution in [0.4, 0.5) is 0 Å². The molecule has 0 aliphatic heterocycles. The van der Waals surface area contributed by atoms with Crippen molar-refractivity contribution < 1.29 is 0 Å². The standard InChI is InChI=1S/C57H56N6/c1-39-32-41(3)54(42(4)33-39)61-30-27-58-56(61)51-20-14-45(15-21-51)8-11-48-36-49(38-50(37-48)13-10-47-18-24-53(25-19-47)63-29-7-26-60-63)12-9-46-16-22-52(23-17-46)57-59-28-31-62(57)55-43(5)34-40(2)35-44(55)6/h7,14-38H,8-13H2,1-6H3. The fourth-order valence-electron chi connectivity index (χ4n) is 9.52. The summed E-state index contributed by atoms with van der Waals surface area (Å²) in [6, 6.07) is 45.1. The van der Waals surface area contributed by atoms with Gasteiger partial charge in [-0.3, -0.25) is 9.13 Å². The molecule has 0 aliphatic carbocycles. The molecule has 0 bridgehead atoms. The maximum atomic E-state index is 4.80. The van der Waals surface area contributed by atoms with Gasteiger partial charge in [0.15, 0.2) is 0 Å². The van der Waals surface area contributed by atoms with Crippen LogP contribution in [0, 0.1) is 41.5 Å². The lowest BCUT2D eigenvalue weighted by Crippen LogP contribution is -2.02. The number of aryl methyl sites for hydroxylation is 12. The zero-order valence-corrected chi connectivity index (χ0v) is 37.4. The Balaban J connectivity index is 0.913. The van der Waals surface area contributed by atoms with Crippen LogP contribution in [0.2, 0.25) is 0 Å². The van der Waals surface area contributed by atoms with E-state index in [0.29, 0.717) is 0 Å². The van der Waals surface area contributed by atoms with E-state index in [4.69, 9.17) is 9.97 Å². The lowest BCUT2D eigenvalue weighted by molar-refractivity contribution is 0.875. The smallest absolute Gasteiger partial charge is 0.144 e. The molecule has 6 heteroatoms. The molecule has 63 heavy (non-hydrogen) atoms. The van der Waals surface area contributed by atoms with Crippen molar-refractivity contribution in [3.05, 3.63) is 225 Å². The van der Waals surface area contributed by atoms with Gasteiger partial charge in [-0.2, -0.15) is 5.10 Å².